The van der Waals surface area contributed by atoms with Crippen molar-refractivity contribution in [2.75, 3.05) is 13.2 Å². The maximum absolute atomic E-state index is 13.6. The number of carbonyl (C=O) groups is 1. The third-order valence-corrected chi connectivity index (χ3v) is 8.06. The first-order valence-corrected chi connectivity index (χ1v) is 15.8. The third kappa shape index (κ3) is 11.6. The van der Waals surface area contributed by atoms with Gasteiger partial charge in [0.1, 0.15) is 29.4 Å². The van der Waals surface area contributed by atoms with Gasteiger partial charge in [0.2, 0.25) is 0 Å². The molecule has 0 saturated carbocycles. The number of alkyl halides is 6. The molecule has 0 bridgehead atoms. The van der Waals surface area contributed by atoms with Crippen LogP contribution >= 0.6 is 0 Å². The molecule has 0 radical (unpaired) electrons. The molecule has 0 amide bonds. The molecule has 0 saturated heterocycles. The number of unbranched alkanes of at least 4 members (excludes halogenated alkanes) is 2. The number of hydrogen-bond donors (Lipinski definition) is 2. The molecule has 4 N–H and O–H groups in total. The first-order valence-electron chi connectivity index (χ1n) is 15.8. The molecule has 0 fully saturated rings. The van der Waals surface area contributed by atoms with Crippen LogP contribution in [0.1, 0.15) is 79.2 Å². The number of fused-ring (bicyclic) bond motifs is 1. The zero-order chi connectivity index (χ0) is 36.1. The van der Waals surface area contributed by atoms with Crippen molar-refractivity contribution in [2.45, 2.75) is 104 Å². The number of halogens is 6. The number of carbonyl (C=O) groups excluding carboxylic acids is 1. The van der Waals surface area contributed by atoms with Gasteiger partial charge in [-0.2, -0.15) is 13.2 Å². The summed E-state index contributed by atoms with van der Waals surface area (Å²) >= 11 is 0. The molecule has 1 heterocycles. The van der Waals surface area contributed by atoms with Crippen molar-refractivity contribution in [2.24, 2.45) is 22.3 Å². The van der Waals surface area contributed by atoms with Crippen LogP contribution in [-0.4, -0.2) is 43.3 Å². The van der Waals surface area contributed by atoms with Crippen molar-refractivity contribution >= 4 is 16.9 Å². The second-order valence-corrected chi connectivity index (χ2v) is 14.1. The average molecular weight is 689 g/mol. The Kier molecular flexibility index (Phi) is 12.2. The second kappa shape index (κ2) is 15.0. The Morgan fingerprint density at radius 3 is 2.21 bits per heavy atom. The van der Waals surface area contributed by atoms with Crippen LogP contribution in [0.5, 0.6) is 11.5 Å². The zero-order valence-electron chi connectivity index (χ0n) is 28.2. The van der Waals surface area contributed by atoms with E-state index < -0.39 is 66.3 Å². The smallest absolute Gasteiger partial charge is 0.493 e. The summed E-state index contributed by atoms with van der Waals surface area (Å²) in [5, 5.41) is 0.522. The molecule has 2 unspecified atom stereocenters. The minimum absolute atomic E-state index is 0.0856. The molecule has 1 aromatic heterocycles. The number of nitrogens with two attached hydrogens (primary N) is 2. The van der Waals surface area contributed by atoms with E-state index in [2.05, 4.69) is 4.74 Å². The predicted octanol–water partition coefficient (Wildman–Crippen LogP) is 9.09. The molecule has 2 atom stereocenters. The number of furan rings is 1. The van der Waals surface area contributed by atoms with Crippen molar-refractivity contribution in [3.63, 3.8) is 0 Å². The van der Waals surface area contributed by atoms with Crippen LogP contribution < -0.4 is 20.9 Å². The first kappa shape index (κ1) is 39.0. The van der Waals surface area contributed by atoms with Gasteiger partial charge in [-0.15, -0.1) is 13.2 Å². The summed E-state index contributed by atoms with van der Waals surface area (Å²) in [5.74, 6) is -0.914. The Hall–Kier alpha value is -3.45. The molecular formula is C35H46F6N2O5. The fourth-order valence-electron chi connectivity index (χ4n) is 5.23. The lowest BCUT2D eigenvalue weighted by atomic mass is 9.79. The lowest BCUT2D eigenvalue weighted by Gasteiger charge is -2.35. The summed E-state index contributed by atoms with van der Waals surface area (Å²) in [6, 6.07) is 9.92. The molecule has 0 aliphatic heterocycles. The Bertz CT molecular complexity index is 1530. The van der Waals surface area contributed by atoms with E-state index in [9.17, 15) is 31.1 Å². The summed E-state index contributed by atoms with van der Waals surface area (Å²) < 4.78 is 102. The van der Waals surface area contributed by atoms with Crippen LogP contribution in [0.3, 0.4) is 0 Å². The van der Waals surface area contributed by atoms with E-state index in [0.717, 1.165) is 19.3 Å². The van der Waals surface area contributed by atoms with E-state index >= 15 is 0 Å². The van der Waals surface area contributed by atoms with Gasteiger partial charge in [0.15, 0.2) is 0 Å². The van der Waals surface area contributed by atoms with Crippen LogP contribution in [0, 0.1) is 10.8 Å². The van der Waals surface area contributed by atoms with Crippen molar-refractivity contribution in [3.8, 4) is 22.8 Å². The maximum Gasteiger partial charge on any atom is 0.573 e. The highest BCUT2D eigenvalue weighted by atomic mass is 19.4. The van der Waals surface area contributed by atoms with Crippen LogP contribution in [-0.2, 0) is 16.0 Å². The molecule has 268 valence electrons. The Balaban J connectivity index is 1.81. The molecule has 3 rings (SSSR count). The fourth-order valence-corrected chi connectivity index (χ4v) is 5.23. The number of benzene rings is 2. The SMILES string of the molecule is CCCCCc1ccc(-c2cc3ccc(OCC(C)(COC(=O)C(C)(C)C(N)CC(C)(C)N)CC(F)(F)F)cc3o2)c(OC(F)(F)F)c1. The second-order valence-electron chi connectivity index (χ2n) is 14.1. The predicted molar refractivity (Wildman–Crippen MR) is 171 cm³/mol. The minimum Gasteiger partial charge on any atom is -0.493 e. The molecule has 2 aromatic carbocycles. The molecule has 0 aliphatic carbocycles. The minimum atomic E-state index is -4.93. The summed E-state index contributed by atoms with van der Waals surface area (Å²) in [6.45, 7) is 8.84. The van der Waals surface area contributed by atoms with E-state index in [1.807, 2.05) is 6.92 Å². The van der Waals surface area contributed by atoms with Crippen molar-refractivity contribution < 1.29 is 49.8 Å². The van der Waals surface area contributed by atoms with Gasteiger partial charge < -0.3 is 30.1 Å². The van der Waals surface area contributed by atoms with Crippen LogP contribution in [0.4, 0.5) is 26.3 Å². The quantitative estimate of drug-likeness (QED) is 0.0878. The van der Waals surface area contributed by atoms with E-state index in [1.165, 1.54) is 31.2 Å². The average Bonchev–Trinajstić information content (AvgIpc) is 3.35. The van der Waals surface area contributed by atoms with Gasteiger partial charge in [-0.05, 0) is 82.9 Å². The fraction of sp³-hybridized carbons (Fsp3) is 0.571. The summed E-state index contributed by atoms with van der Waals surface area (Å²) in [4.78, 5) is 13.0. The van der Waals surface area contributed by atoms with Gasteiger partial charge in [-0.1, -0.05) is 32.8 Å². The largest absolute Gasteiger partial charge is 0.573 e. The molecule has 13 heteroatoms. The Morgan fingerprint density at radius 2 is 1.60 bits per heavy atom. The highest BCUT2D eigenvalue weighted by Gasteiger charge is 2.44. The number of rotatable bonds is 16. The highest BCUT2D eigenvalue weighted by Crippen LogP contribution is 2.40. The van der Waals surface area contributed by atoms with E-state index in [-0.39, 0.29) is 29.1 Å². The monoisotopic (exact) mass is 688 g/mol. The summed E-state index contributed by atoms with van der Waals surface area (Å²) in [5.41, 5.74) is 9.68. The molecule has 48 heavy (non-hydrogen) atoms. The topological polar surface area (TPSA) is 110 Å². The van der Waals surface area contributed by atoms with E-state index in [1.54, 1.807) is 45.9 Å². The van der Waals surface area contributed by atoms with Gasteiger partial charge in [0.05, 0.1) is 24.0 Å². The van der Waals surface area contributed by atoms with Gasteiger partial charge in [-0.25, -0.2) is 0 Å². The number of ether oxygens (including phenoxy) is 3. The van der Waals surface area contributed by atoms with Gasteiger partial charge in [0.25, 0.3) is 0 Å². The Labute approximate surface area is 277 Å². The lowest BCUT2D eigenvalue weighted by molar-refractivity contribution is -0.274. The van der Waals surface area contributed by atoms with Crippen LogP contribution in [0.15, 0.2) is 46.9 Å². The summed E-state index contributed by atoms with van der Waals surface area (Å²) in [6.07, 6.45) is -7.24. The maximum atomic E-state index is 13.6. The van der Waals surface area contributed by atoms with Crippen LogP contribution in [0.25, 0.3) is 22.3 Å². The first-order chi connectivity index (χ1) is 22.0. The number of esters is 1. The highest BCUT2D eigenvalue weighted by molar-refractivity contribution is 5.85. The molecule has 0 spiro atoms. The zero-order valence-corrected chi connectivity index (χ0v) is 28.2. The van der Waals surface area contributed by atoms with Crippen molar-refractivity contribution in [1.29, 1.82) is 0 Å². The molecule has 0 aliphatic rings. The summed E-state index contributed by atoms with van der Waals surface area (Å²) in [7, 11) is 0. The van der Waals surface area contributed by atoms with Gasteiger partial charge in [0, 0.05) is 28.4 Å². The van der Waals surface area contributed by atoms with E-state index in [0.29, 0.717) is 17.4 Å². The van der Waals surface area contributed by atoms with Crippen molar-refractivity contribution in [3.05, 3.63) is 48.0 Å². The van der Waals surface area contributed by atoms with Crippen LogP contribution in [0.2, 0.25) is 0 Å². The van der Waals surface area contributed by atoms with Gasteiger partial charge in [-0.3, -0.25) is 4.79 Å². The third-order valence-electron chi connectivity index (χ3n) is 8.06. The molecule has 3 aromatic rings. The molecule has 7 nitrogen and oxygen atoms in total. The van der Waals surface area contributed by atoms with E-state index in [4.69, 9.17) is 25.4 Å². The van der Waals surface area contributed by atoms with Gasteiger partial charge >= 0.3 is 18.5 Å². The normalized spacial score (nSPS) is 14.9. The Morgan fingerprint density at radius 1 is 0.917 bits per heavy atom. The lowest BCUT2D eigenvalue weighted by Crippen LogP contribution is -2.50. The number of aryl methyl sites for hydroxylation is 1. The molecular weight excluding hydrogens is 642 g/mol. The van der Waals surface area contributed by atoms with Crippen molar-refractivity contribution in [1.82, 2.24) is 0 Å². The standard InChI is InChI=1S/C35H46F6N2O5/c1-7-8-9-10-22-11-14-25(28(15-22)48-35(39,40)41)27-16-23-12-13-24(17-26(23)47-27)45-20-33(6,19-34(36,37)38)21-46-30(44)32(4,5)29(42)18-31(2,3)43/h11-17,29H,7-10,18-21,42-43H2,1-6H3. The number of hydrogen-bond acceptors (Lipinski definition) is 7.